The molecule has 0 amide bonds. The zero-order valence-corrected chi connectivity index (χ0v) is 13.4. The largest absolute Gasteiger partial charge is 0.465 e. The Morgan fingerprint density at radius 2 is 2.09 bits per heavy atom. The van der Waals surface area contributed by atoms with Crippen LogP contribution in [0.1, 0.15) is 24.2 Å². The van der Waals surface area contributed by atoms with E-state index in [0.29, 0.717) is 0 Å². The van der Waals surface area contributed by atoms with Crippen molar-refractivity contribution in [1.29, 1.82) is 0 Å². The maximum atomic E-state index is 13.5. The van der Waals surface area contributed by atoms with Gasteiger partial charge in [-0.1, -0.05) is 0 Å². The SMILES string of the molecule is COC(=O)c1ccc(F)cc1S(=O)(=O)N1C[C@H](C)OC[C@@H]1C. The van der Waals surface area contributed by atoms with Crippen LogP contribution < -0.4 is 0 Å². The van der Waals surface area contributed by atoms with E-state index >= 15 is 0 Å². The van der Waals surface area contributed by atoms with Gasteiger partial charge in [-0.2, -0.15) is 4.31 Å². The van der Waals surface area contributed by atoms with E-state index in [-0.39, 0.29) is 29.7 Å². The third kappa shape index (κ3) is 3.13. The Kier molecular flexibility index (Phi) is 4.84. The number of morpholine rings is 1. The molecule has 0 unspecified atom stereocenters. The van der Waals surface area contributed by atoms with Gasteiger partial charge in [0.1, 0.15) is 5.82 Å². The highest BCUT2D eigenvalue weighted by Crippen LogP contribution is 2.26. The summed E-state index contributed by atoms with van der Waals surface area (Å²) in [6, 6.07) is 2.57. The van der Waals surface area contributed by atoms with Crippen LogP contribution in [0.25, 0.3) is 0 Å². The summed E-state index contributed by atoms with van der Waals surface area (Å²) >= 11 is 0. The number of carbonyl (C=O) groups excluding carboxylic acids is 1. The van der Waals surface area contributed by atoms with E-state index in [9.17, 15) is 17.6 Å². The molecule has 122 valence electrons. The molecule has 0 aromatic heterocycles. The Labute approximate surface area is 128 Å². The van der Waals surface area contributed by atoms with E-state index in [1.54, 1.807) is 13.8 Å². The lowest BCUT2D eigenvalue weighted by Gasteiger charge is -2.35. The summed E-state index contributed by atoms with van der Waals surface area (Å²) in [5.74, 6) is -1.56. The van der Waals surface area contributed by atoms with Crippen LogP contribution in [-0.2, 0) is 19.5 Å². The van der Waals surface area contributed by atoms with Crippen LogP contribution in [0.5, 0.6) is 0 Å². The van der Waals surface area contributed by atoms with Crippen molar-refractivity contribution in [2.24, 2.45) is 0 Å². The Hall–Kier alpha value is -1.51. The van der Waals surface area contributed by atoms with Crippen molar-refractivity contribution in [3.63, 3.8) is 0 Å². The number of benzene rings is 1. The fourth-order valence-corrected chi connectivity index (χ4v) is 4.21. The lowest BCUT2D eigenvalue weighted by Crippen LogP contribution is -2.50. The zero-order chi connectivity index (χ0) is 16.5. The standard InChI is InChI=1S/C14H18FNO5S/c1-9-8-21-10(2)7-16(9)22(18,19)13-6-11(15)4-5-12(13)14(17)20-3/h4-6,9-10H,7-8H2,1-3H3/t9-,10-/m0/s1. The number of ether oxygens (including phenoxy) is 2. The van der Waals surface area contributed by atoms with Crippen LogP contribution in [-0.4, -0.2) is 51.1 Å². The van der Waals surface area contributed by atoms with E-state index in [1.807, 2.05) is 0 Å². The van der Waals surface area contributed by atoms with Crippen molar-refractivity contribution in [1.82, 2.24) is 4.31 Å². The van der Waals surface area contributed by atoms with E-state index < -0.39 is 27.9 Å². The molecule has 1 aromatic rings. The lowest BCUT2D eigenvalue weighted by atomic mass is 10.2. The molecule has 1 aliphatic heterocycles. The van der Waals surface area contributed by atoms with Gasteiger partial charge in [0.05, 0.1) is 30.3 Å². The summed E-state index contributed by atoms with van der Waals surface area (Å²) in [4.78, 5) is 11.4. The highest BCUT2D eigenvalue weighted by molar-refractivity contribution is 7.89. The molecule has 2 rings (SSSR count). The Bertz CT molecular complexity index is 676. The molecule has 0 spiro atoms. The lowest BCUT2D eigenvalue weighted by molar-refractivity contribution is -0.0170. The van der Waals surface area contributed by atoms with E-state index in [4.69, 9.17) is 4.74 Å². The fraction of sp³-hybridized carbons (Fsp3) is 0.500. The maximum Gasteiger partial charge on any atom is 0.339 e. The van der Waals surface area contributed by atoms with E-state index in [0.717, 1.165) is 25.3 Å². The first-order valence-electron chi connectivity index (χ1n) is 6.78. The summed E-state index contributed by atoms with van der Waals surface area (Å²) in [6.07, 6.45) is -0.277. The number of nitrogens with zero attached hydrogens (tertiary/aromatic N) is 1. The molecule has 1 heterocycles. The van der Waals surface area contributed by atoms with Gasteiger partial charge in [-0.25, -0.2) is 17.6 Å². The summed E-state index contributed by atoms with van der Waals surface area (Å²) < 4.78 is 50.4. The number of carbonyl (C=O) groups is 1. The molecule has 0 bridgehead atoms. The third-order valence-corrected chi connectivity index (χ3v) is 5.51. The second-order valence-electron chi connectivity index (χ2n) is 5.20. The van der Waals surface area contributed by atoms with Crippen LogP contribution in [0.4, 0.5) is 4.39 Å². The summed E-state index contributed by atoms with van der Waals surface area (Å²) in [5, 5.41) is 0. The number of hydrogen-bond donors (Lipinski definition) is 0. The van der Waals surface area contributed by atoms with Crippen molar-refractivity contribution >= 4 is 16.0 Å². The van der Waals surface area contributed by atoms with Crippen LogP contribution in [0.15, 0.2) is 23.1 Å². The molecule has 2 atom stereocenters. The maximum absolute atomic E-state index is 13.5. The molecule has 0 aliphatic carbocycles. The van der Waals surface area contributed by atoms with Gasteiger partial charge in [-0.15, -0.1) is 0 Å². The normalized spacial score (nSPS) is 23.3. The third-order valence-electron chi connectivity index (χ3n) is 3.49. The molecule has 1 saturated heterocycles. The van der Waals surface area contributed by atoms with Crippen LogP contribution in [0.3, 0.4) is 0 Å². The first kappa shape index (κ1) is 16.9. The van der Waals surface area contributed by atoms with Gasteiger partial charge in [-0.05, 0) is 32.0 Å². The highest BCUT2D eigenvalue weighted by atomic mass is 32.2. The van der Waals surface area contributed by atoms with Crippen molar-refractivity contribution in [3.8, 4) is 0 Å². The van der Waals surface area contributed by atoms with Crippen LogP contribution >= 0.6 is 0 Å². The Morgan fingerprint density at radius 1 is 1.41 bits per heavy atom. The van der Waals surface area contributed by atoms with E-state index in [2.05, 4.69) is 4.74 Å². The average molecular weight is 331 g/mol. The smallest absolute Gasteiger partial charge is 0.339 e. The number of rotatable bonds is 3. The van der Waals surface area contributed by atoms with Gasteiger partial charge in [0, 0.05) is 12.6 Å². The first-order valence-corrected chi connectivity index (χ1v) is 8.22. The van der Waals surface area contributed by atoms with Gasteiger partial charge in [0.2, 0.25) is 10.0 Å². The predicted molar refractivity (Wildman–Crippen MR) is 76.5 cm³/mol. The second-order valence-corrected chi connectivity index (χ2v) is 7.06. The average Bonchev–Trinajstić information content (AvgIpc) is 2.48. The number of sulfonamides is 1. The van der Waals surface area contributed by atoms with Gasteiger partial charge >= 0.3 is 5.97 Å². The van der Waals surface area contributed by atoms with Gasteiger partial charge < -0.3 is 9.47 Å². The molecule has 1 aromatic carbocycles. The molecule has 6 nitrogen and oxygen atoms in total. The minimum absolute atomic E-state index is 0.140. The monoisotopic (exact) mass is 331 g/mol. The predicted octanol–water partition coefficient (Wildman–Crippen LogP) is 1.41. The minimum atomic E-state index is -4.04. The number of esters is 1. The van der Waals surface area contributed by atoms with Gasteiger partial charge in [0.25, 0.3) is 0 Å². The van der Waals surface area contributed by atoms with Gasteiger partial charge in [-0.3, -0.25) is 0 Å². The Morgan fingerprint density at radius 3 is 2.73 bits per heavy atom. The molecule has 1 aliphatic rings. The second kappa shape index (κ2) is 6.31. The molecule has 0 N–H and O–H groups in total. The number of hydrogen-bond acceptors (Lipinski definition) is 5. The highest BCUT2D eigenvalue weighted by Gasteiger charge is 2.36. The van der Waals surface area contributed by atoms with Crippen molar-refractivity contribution in [2.45, 2.75) is 30.9 Å². The van der Waals surface area contributed by atoms with Crippen LogP contribution in [0, 0.1) is 5.82 Å². The summed E-state index contributed by atoms with van der Waals surface area (Å²) in [6.45, 7) is 3.83. The molecular weight excluding hydrogens is 313 g/mol. The summed E-state index contributed by atoms with van der Waals surface area (Å²) in [7, 11) is -2.90. The molecule has 0 saturated carbocycles. The number of methoxy groups -OCH3 is 1. The quantitative estimate of drug-likeness (QED) is 0.783. The molecule has 1 fully saturated rings. The fourth-order valence-electron chi connectivity index (χ4n) is 2.32. The zero-order valence-electron chi connectivity index (χ0n) is 12.6. The molecule has 8 heteroatoms. The first-order chi connectivity index (χ1) is 10.3. The summed E-state index contributed by atoms with van der Waals surface area (Å²) in [5.41, 5.74) is -0.185. The van der Waals surface area contributed by atoms with Gasteiger partial charge in [0.15, 0.2) is 0 Å². The molecule has 22 heavy (non-hydrogen) atoms. The molecule has 0 radical (unpaired) electrons. The van der Waals surface area contributed by atoms with Crippen LogP contribution in [0.2, 0.25) is 0 Å². The minimum Gasteiger partial charge on any atom is -0.465 e. The number of halogens is 1. The van der Waals surface area contributed by atoms with Crippen molar-refractivity contribution in [3.05, 3.63) is 29.6 Å². The molecular formula is C14H18FNO5S. The van der Waals surface area contributed by atoms with E-state index in [1.165, 1.54) is 4.31 Å². The van der Waals surface area contributed by atoms with Crippen molar-refractivity contribution in [2.75, 3.05) is 20.3 Å². The topological polar surface area (TPSA) is 72.9 Å². The Balaban J connectivity index is 2.53. The van der Waals surface area contributed by atoms with Crippen molar-refractivity contribution < 1.29 is 27.1 Å².